The van der Waals surface area contributed by atoms with Crippen molar-refractivity contribution in [1.82, 2.24) is 5.32 Å². The van der Waals surface area contributed by atoms with E-state index >= 15 is 0 Å². The Hall–Kier alpha value is -5.06. The smallest absolute Gasteiger partial charge is 0.343 e. The van der Waals surface area contributed by atoms with E-state index < -0.39 is 17.5 Å². The maximum atomic E-state index is 13.4. The number of nitrogens with one attached hydrogen (secondary N) is 1. The molecular weight excluding hydrogens is 522 g/mol. The number of rotatable bonds is 8. The molecule has 0 bridgehead atoms. The van der Waals surface area contributed by atoms with Crippen LogP contribution in [-0.4, -0.2) is 38.8 Å². The largest absolute Gasteiger partial charge is 0.507 e. The van der Waals surface area contributed by atoms with Crippen LogP contribution in [0.1, 0.15) is 29.0 Å². The van der Waals surface area contributed by atoms with Crippen molar-refractivity contribution in [1.29, 1.82) is 0 Å². The third-order valence-electron chi connectivity index (χ3n) is 6.88. The Morgan fingerprint density at radius 1 is 0.975 bits per heavy atom. The number of benzene rings is 3. The number of carbonyl (C=O) groups is 1. The van der Waals surface area contributed by atoms with E-state index in [2.05, 4.69) is 5.32 Å². The van der Waals surface area contributed by atoms with Crippen LogP contribution in [0.5, 0.6) is 40.2 Å². The van der Waals surface area contributed by atoms with Gasteiger partial charge in [-0.05, 0) is 35.9 Å². The normalized spacial score (nSPS) is 13.8. The van der Waals surface area contributed by atoms with Gasteiger partial charge in [-0.15, -0.1) is 0 Å². The fraction of sp³-hybridized carbons (Fsp3) is 0.241. The minimum absolute atomic E-state index is 0.0600. The van der Waals surface area contributed by atoms with Crippen LogP contribution < -0.4 is 39.4 Å². The summed E-state index contributed by atoms with van der Waals surface area (Å²) >= 11 is 0. The maximum Gasteiger partial charge on any atom is 0.343 e. The molecule has 40 heavy (non-hydrogen) atoms. The third kappa shape index (κ3) is 4.35. The second kappa shape index (κ2) is 10.3. The van der Waals surface area contributed by atoms with Crippen molar-refractivity contribution in [3.63, 3.8) is 0 Å². The highest BCUT2D eigenvalue weighted by Gasteiger charge is 2.35. The molecule has 0 saturated heterocycles. The van der Waals surface area contributed by atoms with Gasteiger partial charge < -0.3 is 43.3 Å². The fourth-order valence-electron chi connectivity index (χ4n) is 4.99. The van der Waals surface area contributed by atoms with Crippen LogP contribution in [-0.2, 0) is 11.3 Å². The van der Waals surface area contributed by atoms with Crippen LogP contribution in [0.3, 0.4) is 0 Å². The summed E-state index contributed by atoms with van der Waals surface area (Å²) in [5.74, 6) is 0.713. The van der Waals surface area contributed by atoms with Gasteiger partial charge in [-0.3, -0.25) is 4.79 Å². The second-order valence-electron chi connectivity index (χ2n) is 9.14. The summed E-state index contributed by atoms with van der Waals surface area (Å²) < 4.78 is 38.7. The Morgan fingerprint density at radius 3 is 2.58 bits per heavy atom. The topological polar surface area (TPSA) is 135 Å². The van der Waals surface area contributed by atoms with Crippen LogP contribution >= 0.6 is 0 Å². The summed E-state index contributed by atoms with van der Waals surface area (Å²) in [5.41, 5.74) is 0.499. The summed E-state index contributed by atoms with van der Waals surface area (Å²) in [4.78, 5) is 26.7. The van der Waals surface area contributed by atoms with E-state index in [9.17, 15) is 14.7 Å². The summed E-state index contributed by atoms with van der Waals surface area (Å²) in [7, 11) is 2.90. The van der Waals surface area contributed by atoms with E-state index in [-0.39, 0.29) is 54.9 Å². The molecule has 3 aromatic carbocycles. The zero-order valence-corrected chi connectivity index (χ0v) is 21.6. The van der Waals surface area contributed by atoms with Gasteiger partial charge in [-0.25, -0.2) is 4.79 Å². The average Bonchev–Trinajstić information content (AvgIpc) is 3.64. The summed E-state index contributed by atoms with van der Waals surface area (Å²) in [5, 5.41) is 14.5. The molecule has 11 nitrogen and oxygen atoms in total. The molecule has 0 radical (unpaired) electrons. The lowest BCUT2D eigenvalue weighted by atomic mass is 9.86. The maximum absolute atomic E-state index is 13.4. The van der Waals surface area contributed by atoms with Gasteiger partial charge in [0.25, 0.3) is 0 Å². The van der Waals surface area contributed by atoms with E-state index in [0.717, 1.165) is 5.56 Å². The molecule has 0 saturated carbocycles. The second-order valence-corrected chi connectivity index (χ2v) is 9.14. The number of aromatic hydroxyl groups is 1. The van der Waals surface area contributed by atoms with Gasteiger partial charge in [0.2, 0.25) is 31.0 Å². The van der Waals surface area contributed by atoms with Gasteiger partial charge in [0.05, 0.1) is 25.2 Å². The highest BCUT2D eigenvalue weighted by Crippen LogP contribution is 2.53. The van der Waals surface area contributed by atoms with Crippen molar-refractivity contribution >= 4 is 16.9 Å². The van der Waals surface area contributed by atoms with Gasteiger partial charge in [-0.1, -0.05) is 18.2 Å². The van der Waals surface area contributed by atoms with Crippen molar-refractivity contribution in [2.24, 2.45) is 0 Å². The molecule has 1 unspecified atom stereocenters. The number of hydrogen-bond acceptors (Lipinski definition) is 10. The Labute approximate surface area is 227 Å². The van der Waals surface area contributed by atoms with E-state index in [1.807, 2.05) is 6.07 Å². The third-order valence-corrected chi connectivity index (χ3v) is 6.88. The molecule has 2 N–H and O–H groups in total. The van der Waals surface area contributed by atoms with Crippen molar-refractivity contribution < 1.29 is 42.7 Å². The first kappa shape index (κ1) is 25.2. The summed E-state index contributed by atoms with van der Waals surface area (Å²) in [6, 6.07) is 13.6. The first-order valence-electron chi connectivity index (χ1n) is 12.4. The minimum atomic E-state index is -1.00. The molecular formula is C29H25NO10. The standard InChI is InChI=1S/C29H25NO10/c1-34-22-10-18(26(35-2)28-27(22)38-14-39-28)17(24-25(32)16-5-3-4-6-19(16)40-29(24)33)11-23(31)30-12-15-7-8-20-21(9-15)37-13-36-20/h3-10,17,32H,11-14H2,1-2H3,(H,30,31). The zero-order valence-electron chi connectivity index (χ0n) is 21.6. The highest BCUT2D eigenvalue weighted by molar-refractivity contribution is 5.85. The van der Waals surface area contributed by atoms with Crippen molar-refractivity contribution in [3.8, 4) is 40.2 Å². The minimum Gasteiger partial charge on any atom is -0.507 e. The Morgan fingerprint density at radius 2 is 1.75 bits per heavy atom. The lowest BCUT2D eigenvalue weighted by Crippen LogP contribution is -2.27. The quantitative estimate of drug-likeness (QED) is 0.314. The molecule has 0 fully saturated rings. The average molecular weight is 548 g/mol. The Balaban J connectivity index is 1.41. The monoisotopic (exact) mass is 547 g/mol. The molecule has 1 aromatic heterocycles. The summed E-state index contributed by atoms with van der Waals surface area (Å²) in [6.45, 7) is 0.281. The van der Waals surface area contributed by atoms with Gasteiger partial charge >= 0.3 is 5.63 Å². The number of methoxy groups -OCH3 is 2. The van der Waals surface area contributed by atoms with E-state index in [0.29, 0.717) is 33.9 Å². The van der Waals surface area contributed by atoms with Gasteiger partial charge in [0, 0.05) is 24.4 Å². The van der Waals surface area contributed by atoms with Gasteiger partial charge in [0.1, 0.15) is 11.3 Å². The number of amides is 1. The fourth-order valence-corrected chi connectivity index (χ4v) is 4.99. The number of para-hydroxylation sites is 1. The van der Waals surface area contributed by atoms with Crippen molar-refractivity contribution in [2.75, 3.05) is 27.8 Å². The van der Waals surface area contributed by atoms with Crippen LogP contribution in [0.4, 0.5) is 0 Å². The molecule has 0 aliphatic carbocycles. The molecule has 206 valence electrons. The van der Waals surface area contributed by atoms with Crippen LogP contribution in [0.2, 0.25) is 0 Å². The summed E-state index contributed by atoms with van der Waals surface area (Å²) in [6.07, 6.45) is -0.236. The number of carbonyl (C=O) groups excluding carboxylic acids is 1. The zero-order chi connectivity index (χ0) is 27.8. The first-order chi connectivity index (χ1) is 19.5. The number of hydrogen-bond donors (Lipinski definition) is 2. The van der Waals surface area contributed by atoms with E-state index in [4.69, 9.17) is 32.8 Å². The molecule has 11 heteroatoms. The first-order valence-corrected chi connectivity index (χ1v) is 12.4. The van der Waals surface area contributed by atoms with Crippen LogP contribution in [0.15, 0.2) is 57.7 Å². The molecule has 1 amide bonds. The molecule has 2 aliphatic rings. The number of ether oxygens (including phenoxy) is 6. The van der Waals surface area contributed by atoms with E-state index in [1.165, 1.54) is 14.2 Å². The SMILES string of the molecule is COc1cc(C(CC(=O)NCc2ccc3c(c2)OCO3)c2c(O)c3ccccc3oc2=O)c(OC)c2c1OCO2. The molecule has 1 atom stereocenters. The lowest BCUT2D eigenvalue weighted by molar-refractivity contribution is -0.121. The Kier molecular flexibility index (Phi) is 6.47. The van der Waals surface area contributed by atoms with Crippen LogP contribution in [0, 0.1) is 0 Å². The van der Waals surface area contributed by atoms with Crippen molar-refractivity contribution in [3.05, 3.63) is 75.6 Å². The molecule has 4 aromatic rings. The van der Waals surface area contributed by atoms with Gasteiger partial charge in [0.15, 0.2) is 23.0 Å². The molecule has 0 spiro atoms. The molecule has 2 aliphatic heterocycles. The molecule has 3 heterocycles. The molecule has 6 rings (SSSR count). The van der Waals surface area contributed by atoms with Gasteiger partial charge in [-0.2, -0.15) is 0 Å². The lowest BCUT2D eigenvalue weighted by Gasteiger charge is -2.22. The Bertz CT molecular complexity index is 1680. The number of fused-ring (bicyclic) bond motifs is 3. The highest BCUT2D eigenvalue weighted by atomic mass is 16.7. The predicted octanol–water partition coefficient (Wildman–Crippen LogP) is 3.81. The van der Waals surface area contributed by atoms with E-state index in [1.54, 1.807) is 42.5 Å². The van der Waals surface area contributed by atoms with Crippen LogP contribution in [0.25, 0.3) is 11.0 Å². The van der Waals surface area contributed by atoms with Crippen molar-refractivity contribution in [2.45, 2.75) is 18.9 Å². The predicted molar refractivity (Wildman–Crippen MR) is 141 cm³/mol.